The minimum Gasteiger partial charge on any atom is -0.453 e. The van der Waals surface area contributed by atoms with Gasteiger partial charge in [0.25, 0.3) is 0 Å². The molecule has 0 amide bonds. The summed E-state index contributed by atoms with van der Waals surface area (Å²) in [7, 11) is -3.02. The second kappa shape index (κ2) is 8.30. The van der Waals surface area contributed by atoms with E-state index in [0.29, 0.717) is 16.9 Å². The van der Waals surface area contributed by atoms with Crippen molar-refractivity contribution in [1.82, 2.24) is 4.57 Å². The van der Waals surface area contributed by atoms with Gasteiger partial charge in [0.05, 0.1) is 11.5 Å². The molecule has 0 aromatic carbocycles. The van der Waals surface area contributed by atoms with Gasteiger partial charge in [0.2, 0.25) is 5.78 Å². The van der Waals surface area contributed by atoms with E-state index in [1.165, 1.54) is 28.2 Å². The highest BCUT2D eigenvalue weighted by atomic mass is 32.2. The SMILES string of the molecule is Cc1cc(C(=O)COC(=O)c2cc3c(s2)CCCCC3)c(C)n1[C@H]1CCS(=O)(=O)C1. The number of aryl methyl sites for hydroxylation is 3. The first kappa shape index (κ1) is 21.3. The average Bonchev–Trinajstić information content (AvgIpc) is 3.29. The normalized spacial score (nSPS) is 20.5. The molecule has 2 aromatic rings. The van der Waals surface area contributed by atoms with Crippen LogP contribution in [0.1, 0.15) is 73.6 Å². The van der Waals surface area contributed by atoms with Crippen molar-refractivity contribution in [1.29, 1.82) is 0 Å². The lowest BCUT2D eigenvalue weighted by atomic mass is 10.1. The van der Waals surface area contributed by atoms with Crippen LogP contribution in [-0.4, -0.2) is 42.9 Å². The highest BCUT2D eigenvalue weighted by Gasteiger charge is 2.32. The number of ketones is 1. The fourth-order valence-electron chi connectivity index (χ4n) is 4.65. The Bertz CT molecular complexity index is 1070. The number of aromatic nitrogens is 1. The molecule has 2 aliphatic rings. The van der Waals surface area contributed by atoms with Crippen LogP contribution in [0.5, 0.6) is 0 Å². The van der Waals surface area contributed by atoms with Gasteiger partial charge in [-0.05, 0) is 63.6 Å². The van der Waals surface area contributed by atoms with Crippen molar-refractivity contribution >= 4 is 32.9 Å². The molecule has 3 heterocycles. The molecule has 1 atom stereocenters. The molecule has 2 aromatic heterocycles. The zero-order valence-electron chi connectivity index (χ0n) is 17.4. The highest BCUT2D eigenvalue weighted by Crippen LogP contribution is 2.31. The van der Waals surface area contributed by atoms with Crippen LogP contribution >= 0.6 is 11.3 Å². The van der Waals surface area contributed by atoms with E-state index in [1.54, 1.807) is 6.07 Å². The molecule has 4 rings (SSSR count). The summed E-state index contributed by atoms with van der Waals surface area (Å²) in [5, 5.41) is 0. The molecule has 0 saturated carbocycles. The van der Waals surface area contributed by atoms with E-state index in [-0.39, 0.29) is 29.9 Å². The van der Waals surface area contributed by atoms with Gasteiger partial charge in [-0.3, -0.25) is 4.79 Å². The topological polar surface area (TPSA) is 82.4 Å². The lowest BCUT2D eigenvalue weighted by molar-refractivity contribution is 0.0479. The molecule has 1 fully saturated rings. The molecule has 162 valence electrons. The number of esters is 1. The fourth-order valence-corrected chi connectivity index (χ4v) is 7.50. The van der Waals surface area contributed by atoms with Crippen molar-refractivity contribution in [3.63, 3.8) is 0 Å². The summed E-state index contributed by atoms with van der Waals surface area (Å²) in [6.45, 7) is 3.39. The van der Waals surface area contributed by atoms with Gasteiger partial charge in [0.15, 0.2) is 16.4 Å². The molecule has 0 N–H and O–H groups in total. The molecule has 8 heteroatoms. The smallest absolute Gasteiger partial charge is 0.348 e. The monoisotopic (exact) mass is 449 g/mol. The van der Waals surface area contributed by atoms with Gasteiger partial charge >= 0.3 is 5.97 Å². The molecule has 1 aliphatic heterocycles. The third-order valence-corrected chi connectivity index (χ3v) is 9.11. The number of rotatable bonds is 5. The van der Waals surface area contributed by atoms with Gasteiger partial charge in [-0.25, -0.2) is 13.2 Å². The summed E-state index contributed by atoms with van der Waals surface area (Å²) in [5.74, 6) is -0.422. The standard InChI is InChI=1S/C22H27NO5S2/c1-14-10-18(15(2)23(14)17-8-9-30(26,27)13-17)19(24)12-28-22(25)21-11-16-6-4-3-5-7-20(16)29-21/h10-11,17H,3-9,12-13H2,1-2H3/t17-/m0/s1. The Labute approximate surface area is 181 Å². The van der Waals surface area contributed by atoms with Crippen LogP contribution in [0.2, 0.25) is 0 Å². The predicted molar refractivity (Wildman–Crippen MR) is 116 cm³/mol. The summed E-state index contributed by atoms with van der Waals surface area (Å²) in [6.07, 6.45) is 6.09. The van der Waals surface area contributed by atoms with Crippen molar-refractivity contribution in [3.8, 4) is 0 Å². The van der Waals surface area contributed by atoms with Gasteiger partial charge < -0.3 is 9.30 Å². The van der Waals surface area contributed by atoms with Crippen molar-refractivity contribution in [2.45, 2.75) is 58.4 Å². The molecule has 1 saturated heterocycles. The quantitative estimate of drug-likeness (QED) is 0.394. The zero-order valence-corrected chi connectivity index (χ0v) is 19.0. The number of thiophene rings is 1. The molecule has 1 aliphatic carbocycles. The highest BCUT2D eigenvalue weighted by molar-refractivity contribution is 7.91. The third-order valence-electron chi connectivity index (χ3n) is 6.14. The number of carbonyl (C=O) groups excluding carboxylic acids is 2. The van der Waals surface area contributed by atoms with Gasteiger partial charge in [-0.2, -0.15) is 0 Å². The zero-order chi connectivity index (χ0) is 21.5. The number of carbonyl (C=O) groups is 2. The molecular weight excluding hydrogens is 422 g/mol. The largest absolute Gasteiger partial charge is 0.453 e. The number of sulfone groups is 1. The first-order valence-corrected chi connectivity index (χ1v) is 13.1. The Morgan fingerprint density at radius 2 is 1.93 bits per heavy atom. The Kier molecular flexibility index (Phi) is 5.90. The number of Topliss-reactive ketones (excluding diaryl/α,β-unsaturated/α-hetero) is 1. The Morgan fingerprint density at radius 3 is 2.67 bits per heavy atom. The summed E-state index contributed by atoms with van der Waals surface area (Å²) in [4.78, 5) is 27.1. The molecule has 6 nitrogen and oxygen atoms in total. The first-order chi connectivity index (χ1) is 14.2. The summed E-state index contributed by atoms with van der Waals surface area (Å²) < 4.78 is 31.0. The Balaban J connectivity index is 1.43. The van der Waals surface area contributed by atoms with Crippen molar-refractivity contribution in [2.24, 2.45) is 0 Å². The average molecular weight is 450 g/mol. The Morgan fingerprint density at radius 1 is 1.17 bits per heavy atom. The lowest BCUT2D eigenvalue weighted by Crippen LogP contribution is -2.16. The van der Waals surface area contributed by atoms with Crippen LogP contribution in [0.15, 0.2) is 12.1 Å². The van der Waals surface area contributed by atoms with Gasteiger partial charge in [-0.1, -0.05) is 6.42 Å². The molecule has 30 heavy (non-hydrogen) atoms. The minimum atomic E-state index is -3.02. The maximum atomic E-state index is 12.7. The van der Waals surface area contributed by atoms with Crippen molar-refractivity contribution in [2.75, 3.05) is 18.1 Å². The molecule has 0 bridgehead atoms. The molecule has 0 radical (unpaired) electrons. The van der Waals surface area contributed by atoms with Crippen LogP contribution in [0.3, 0.4) is 0 Å². The number of nitrogens with zero attached hydrogens (tertiary/aromatic N) is 1. The van der Waals surface area contributed by atoms with E-state index in [0.717, 1.165) is 37.1 Å². The van der Waals surface area contributed by atoms with Crippen LogP contribution < -0.4 is 0 Å². The lowest BCUT2D eigenvalue weighted by Gasteiger charge is -2.16. The maximum Gasteiger partial charge on any atom is 0.348 e. The van der Waals surface area contributed by atoms with E-state index in [2.05, 4.69) is 0 Å². The van der Waals surface area contributed by atoms with Gasteiger partial charge in [0, 0.05) is 27.9 Å². The number of hydrogen-bond donors (Lipinski definition) is 0. The van der Waals surface area contributed by atoms with Gasteiger partial charge in [0.1, 0.15) is 4.88 Å². The summed E-state index contributed by atoms with van der Waals surface area (Å²) in [6, 6.07) is 3.55. The predicted octanol–water partition coefficient (Wildman–Crippen LogP) is 3.83. The number of ether oxygens (including phenoxy) is 1. The molecule has 0 unspecified atom stereocenters. The second-order valence-corrected chi connectivity index (χ2v) is 11.7. The van der Waals surface area contributed by atoms with E-state index >= 15 is 0 Å². The Hall–Kier alpha value is -1.93. The van der Waals surface area contributed by atoms with Crippen molar-refractivity contribution < 1.29 is 22.7 Å². The van der Waals surface area contributed by atoms with E-state index in [1.807, 2.05) is 24.5 Å². The van der Waals surface area contributed by atoms with Gasteiger partial charge in [-0.15, -0.1) is 11.3 Å². The summed E-state index contributed by atoms with van der Waals surface area (Å²) in [5.41, 5.74) is 3.32. The van der Waals surface area contributed by atoms with E-state index in [4.69, 9.17) is 4.74 Å². The maximum absolute atomic E-state index is 12.7. The van der Waals surface area contributed by atoms with E-state index < -0.39 is 15.8 Å². The molecular formula is C22H27NO5S2. The van der Waals surface area contributed by atoms with E-state index in [9.17, 15) is 18.0 Å². The molecule has 0 spiro atoms. The van der Waals surface area contributed by atoms with Crippen molar-refractivity contribution in [3.05, 3.63) is 44.4 Å². The third kappa shape index (κ3) is 4.25. The van der Waals surface area contributed by atoms with Crippen LogP contribution in [0, 0.1) is 13.8 Å². The van der Waals surface area contributed by atoms with Crippen LogP contribution in [-0.2, 0) is 27.4 Å². The van der Waals surface area contributed by atoms with Crippen LogP contribution in [0.25, 0.3) is 0 Å². The summed E-state index contributed by atoms with van der Waals surface area (Å²) >= 11 is 1.48. The second-order valence-electron chi connectivity index (χ2n) is 8.33. The minimum absolute atomic E-state index is 0.106. The first-order valence-electron chi connectivity index (χ1n) is 10.5. The number of fused-ring (bicyclic) bond motifs is 1. The van der Waals surface area contributed by atoms with Crippen LogP contribution in [0.4, 0.5) is 0 Å². The fraction of sp³-hybridized carbons (Fsp3) is 0.545. The number of hydrogen-bond acceptors (Lipinski definition) is 6.